The Balaban J connectivity index is 1.77. The van der Waals surface area contributed by atoms with Crippen molar-refractivity contribution in [1.82, 2.24) is 0 Å². The molecule has 3 heteroatoms. The maximum Gasteiger partial charge on any atom is 0.0642 e. The highest BCUT2D eigenvalue weighted by atomic mass is 32.1. The summed E-state index contributed by atoms with van der Waals surface area (Å²) >= 11 is 1.92. The van der Waals surface area contributed by atoms with Crippen molar-refractivity contribution in [1.29, 1.82) is 0 Å². The molecule has 19 heavy (non-hydrogen) atoms. The van der Waals surface area contributed by atoms with Gasteiger partial charge >= 0.3 is 0 Å². The summed E-state index contributed by atoms with van der Waals surface area (Å²) in [5.41, 5.74) is 2.79. The molecule has 100 valence electrons. The fourth-order valence-electron chi connectivity index (χ4n) is 2.53. The van der Waals surface area contributed by atoms with Gasteiger partial charge in [0, 0.05) is 29.3 Å². The lowest BCUT2D eigenvalue weighted by Gasteiger charge is -2.28. The number of hydrogen-bond acceptors (Lipinski definition) is 3. The first-order valence-electron chi connectivity index (χ1n) is 6.79. The summed E-state index contributed by atoms with van der Waals surface area (Å²) in [5.74, 6) is 0. The van der Waals surface area contributed by atoms with Crippen molar-refractivity contribution in [3.8, 4) is 0 Å². The van der Waals surface area contributed by atoms with Crippen LogP contribution in [0.2, 0.25) is 0 Å². The van der Waals surface area contributed by atoms with Crippen LogP contribution in [0.4, 0.5) is 5.69 Å². The molecule has 3 rings (SSSR count). The molecule has 2 aromatic rings. The molecule has 0 bridgehead atoms. The van der Waals surface area contributed by atoms with E-state index in [1.807, 2.05) is 11.3 Å². The standard InChI is InChI=1S/C16H19NOS/c1-13-16(17-7-9-18-10-8-17)12-15(19-13)11-14-5-3-2-4-6-14/h2-6,12H,7-11H2,1H3. The Morgan fingerprint density at radius 3 is 2.63 bits per heavy atom. The molecule has 0 spiro atoms. The number of benzene rings is 1. The fourth-order valence-corrected chi connectivity index (χ4v) is 3.63. The van der Waals surface area contributed by atoms with Crippen molar-refractivity contribution < 1.29 is 4.74 Å². The Bertz CT molecular complexity index is 529. The largest absolute Gasteiger partial charge is 0.378 e. The summed E-state index contributed by atoms with van der Waals surface area (Å²) in [5, 5.41) is 0. The lowest BCUT2D eigenvalue weighted by molar-refractivity contribution is 0.122. The topological polar surface area (TPSA) is 12.5 Å². The van der Waals surface area contributed by atoms with E-state index in [1.165, 1.54) is 21.0 Å². The summed E-state index contributed by atoms with van der Waals surface area (Å²) in [4.78, 5) is 5.32. The van der Waals surface area contributed by atoms with E-state index in [2.05, 4.69) is 48.2 Å². The summed E-state index contributed by atoms with van der Waals surface area (Å²) in [6.07, 6.45) is 1.04. The average molecular weight is 273 g/mol. The number of ether oxygens (including phenoxy) is 1. The average Bonchev–Trinajstić information content (AvgIpc) is 2.82. The predicted molar refractivity (Wildman–Crippen MR) is 81.3 cm³/mol. The number of aryl methyl sites for hydroxylation is 1. The van der Waals surface area contributed by atoms with Crippen LogP contribution < -0.4 is 4.90 Å². The van der Waals surface area contributed by atoms with Gasteiger partial charge in [0.25, 0.3) is 0 Å². The molecule has 1 fully saturated rings. The molecule has 1 aliphatic rings. The first-order chi connectivity index (χ1) is 9.33. The molecule has 0 amide bonds. The molecule has 2 heterocycles. The van der Waals surface area contributed by atoms with E-state index in [1.54, 1.807) is 0 Å². The van der Waals surface area contributed by atoms with Gasteiger partial charge in [0.15, 0.2) is 0 Å². The monoisotopic (exact) mass is 273 g/mol. The zero-order valence-electron chi connectivity index (χ0n) is 11.3. The second-order valence-electron chi connectivity index (χ2n) is 4.92. The molecule has 0 saturated carbocycles. The van der Waals surface area contributed by atoms with E-state index in [0.717, 1.165) is 32.7 Å². The van der Waals surface area contributed by atoms with Crippen LogP contribution >= 0.6 is 11.3 Å². The normalized spacial score (nSPS) is 15.7. The van der Waals surface area contributed by atoms with Crippen molar-refractivity contribution in [2.45, 2.75) is 13.3 Å². The van der Waals surface area contributed by atoms with Gasteiger partial charge in [-0.1, -0.05) is 30.3 Å². The first kappa shape index (κ1) is 12.7. The minimum Gasteiger partial charge on any atom is -0.378 e. The van der Waals surface area contributed by atoms with Crippen molar-refractivity contribution >= 4 is 17.0 Å². The molecule has 2 nitrogen and oxygen atoms in total. The third kappa shape index (κ3) is 2.99. The summed E-state index contributed by atoms with van der Waals surface area (Å²) in [7, 11) is 0. The molecule has 1 aromatic carbocycles. The van der Waals surface area contributed by atoms with Crippen molar-refractivity contribution in [2.75, 3.05) is 31.2 Å². The molecular weight excluding hydrogens is 254 g/mol. The Labute approximate surface area is 118 Å². The zero-order chi connectivity index (χ0) is 13.1. The van der Waals surface area contributed by atoms with Gasteiger partial charge in [-0.05, 0) is 18.6 Å². The Morgan fingerprint density at radius 2 is 1.89 bits per heavy atom. The summed E-state index contributed by atoms with van der Waals surface area (Å²) in [6.45, 7) is 5.96. The van der Waals surface area contributed by atoms with Crippen LogP contribution in [0.3, 0.4) is 0 Å². The van der Waals surface area contributed by atoms with Gasteiger partial charge in [-0.25, -0.2) is 0 Å². The Morgan fingerprint density at radius 1 is 1.16 bits per heavy atom. The van der Waals surface area contributed by atoms with Gasteiger partial charge in [-0.15, -0.1) is 11.3 Å². The Hall–Kier alpha value is -1.32. The van der Waals surface area contributed by atoms with E-state index in [0.29, 0.717) is 0 Å². The molecule has 0 radical (unpaired) electrons. The zero-order valence-corrected chi connectivity index (χ0v) is 12.1. The fraction of sp³-hybridized carbons (Fsp3) is 0.375. The molecule has 1 saturated heterocycles. The van der Waals surface area contributed by atoms with Gasteiger partial charge < -0.3 is 9.64 Å². The first-order valence-corrected chi connectivity index (χ1v) is 7.60. The van der Waals surface area contributed by atoms with E-state index >= 15 is 0 Å². The predicted octanol–water partition coefficient (Wildman–Crippen LogP) is 3.48. The highest BCUT2D eigenvalue weighted by Crippen LogP contribution is 2.31. The van der Waals surface area contributed by atoms with Crippen molar-refractivity contribution in [2.24, 2.45) is 0 Å². The third-order valence-electron chi connectivity index (χ3n) is 3.52. The highest BCUT2D eigenvalue weighted by molar-refractivity contribution is 7.12. The molecule has 0 unspecified atom stereocenters. The van der Waals surface area contributed by atoms with Crippen LogP contribution in [0.1, 0.15) is 15.3 Å². The number of morpholine rings is 1. The van der Waals surface area contributed by atoms with Crippen LogP contribution in [0.25, 0.3) is 0 Å². The van der Waals surface area contributed by atoms with E-state index in [-0.39, 0.29) is 0 Å². The van der Waals surface area contributed by atoms with E-state index in [9.17, 15) is 0 Å². The molecule has 0 N–H and O–H groups in total. The molecule has 0 atom stereocenters. The molecule has 0 aliphatic carbocycles. The number of thiophene rings is 1. The second-order valence-corrected chi connectivity index (χ2v) is 6.26. The van der Waals surface area contributed by atoms with Crippen molar-refractivity contribution in [3.63, 3.8) is 0 Å². The van der Waals surface area contributed by atoms with Gasteiger partial charge in [-0.3, -0.25) is 0 Å². The number of rotatable bonds is 3. The SMILES string of the molecule is Cc1sc(Cc2ccccc2)cc1N1CCOCC1. The summed E-state index contributed by atoms with van der Waals surface area (Å²) < 4.78 is 5.43. The lowest BCUT2D eigenvalue weighted by atomic mass is 10.1. The minimum atomic E-state index is 0.851. The second kappa shape index (κ2) is 5.76. The van der Waals surface area contributed by atoms with Crippen LogP contribution in [0.5, 0.6) is 0 Å². The van der Waals surface area contributed by atoms with Crippen LogP contribution in [-0.4, -0.2) is 26.3 Å². The van der Waals surface area contributed by atoms with Gasteiger partial charge in [0.1, 0.15) is 0 Å². The number of nitrogens with zero attached hydrogens (tertiary/aromatic N) is 1. The maximum absolute atomic E-state index is 5.43. The smallest absolute Gasteiger partial charge is 0.0642 e. The lowest BCUT2D eigenvalue weighted by Crippen LogP contribution is -2.36. The van der Waals surface area contributed by atoms with E-state index < -0.39 is 0 Å². The van der Waals surface area contributed by atoms with Crippen LogP contribution in [0.15, 0.2) is 36.4 Å². The molecule has 1 aliphatic heterocycles. The summed E-state index contributed by atoms with van der Waals surface area (Å²) in [6, 6.07) is 13.0. The Kier molecular flexibility index (Phi) is 3.85. The van der Waals surface area contributed by atoms with Gasteiger partial charge in [0.05, 0.1) is 18.9 Å². The van der Waals surface area contributed by atoms with Crippen LogP contribution in [-0.2, 0) is 11.2 Å². The van der Waals surface area contributed by atoms with Crippen molar-refractivity contribution in [3.05, 3.63) is 51.7 Å². The quantitative estimate of drug-likeness (QED) is 0.849. The minimum absolute atomic E-state index is 0.851. The number of hydrogen-bond donors (Lipinski definition) is 0. The van der Waals surface area contributed by atoms with E-state index in [4.69, 9.17) is 4.74 Å². The molecular formula is C16H19NOS. The number of anilines is 1. The van der Waals surface area contributed by atoms with Crippen LogP contribution in [0, 0.1) is 6.92 Å². The third-order valence-corrected chi connectivity index (χ3v) is 4.56. The maximum atomic E-state index is 5.43. The van der Waals surface area contributed by atoms with Gasteiger partial charge in [0.2, 0.25) is 0 Å². The van der Waals surface area contributed by atoms with Gasteiger partial charge in [-0.2, -0.15) is 0 Å². The highest BCUT2D eigenvalue weighted by Gasteiger charge is 2.15. The molecule has 1 aromatic heterocycles.